The number of hydrogen-bond donors (Lipinski definition) is 2. The molecule has 0 amide bonds. The summed E-state index contributed by atoms with van der Waals surface area (Å²) in [5, 5.41) is 4.09. The molecular weight excluding hydrogens is 422 g/mol. The van der Waals surface area contributed by atoms with Crippen LogP contribution < -0.4 is 30.8 Å². The Hall–Kier alpha value is -3.26. The first-order chi connectivity index (χ1) is 16.2. The van der Waals surface area contributed by atoms with E-state index in [0.717, 1.165) is 25.1 Å². The summed E-state index contributed by atoms with van der Waals surface area (Å²) in [6, 6.07) is 9.91. The first kappa shape index (κ1) is 20.4. The van der Waals surface area contributed by atoms with Crippen molar-refractivity contribution in [3.8, 4) is 17.2 Å². The number of rotatable bonds is 4. The smallest absolute Gasteiger partial charge is 0.328 e. The Balaban J connectivity index is 1.31. The van der Waals surface area contributed by atoms with Crippen LogP contribution in [0, 0.1) is 5.92 Å². The number of methoxy groups -OCH3 is 1. The van der Waals surface area contributed by atoms with Gasteiger partial charge >= 0.3 is 5.69 Å². The van der Waals surface area contributed by atoms with Crippen LogP contribution in [0.15, 0.2) is 39.9 Å². The summed E-state index contributed by atoms with van der Waals surface area (Å²) < 4.78 is 18.2. The highest BCUT2D eigenvalue weighted by atomic mass is 16.6. The predicted molar refractivity (Wildman–Crippen MR) is 124 cm³/mol. The number of fused-ring (bicyclic) bond motifs is 6. The van der Waals surface area contributed by atoms with E-state index in [1.807, 2.05) is 6.07 Å². The summed E-state index contributed by atoms with van der Waals surface area (Å²) in [6.07, 6.45) is 2.83. The summed E-state index contributed by atoms with van der Waals surface area (Å²) in [7, 11) is 1.72. The van der Waals surface area contributed by atoms with Gasteiger partial charge in [-0.2, -0.15) is 0 Å². The first-order valence-corrected chi connectivity index (χ1v) is 11.6. The van der Waals surface area contributed by atoms with E-state index in [0.29, 0.717) is 60.4 Å². The standard InChI is InChI=1S/C25H27N3O5/c1-31-19-4-2-3-16-15(19)6-5-14-13-26-18(21(14)16)9-10-28-24(29)17-7-8-20-23(33-12-11-32-20)22(17)27-25(28)30/h2-4,7-8,14,18,21,26H,5-6,9-13H2,1H3,(H,27,30)/t14-,18?,21+/m0/s1. The highest BCUT2D eigenvalue weighted by Crippen LogP contribution is 2.45. The van der Waals surface area contributed by atoms with Crippen molar-refractivity contribution < 1.29 is 14.2 Å². The van der Waals surface area contributed by atoms with Gasteiger partial charge in [0.15, 0.2) is 11.5 Å². The molecule has 6 rings (SSSR count). The maximum atomic E-state index is 13.2. The lowest BCUT2D eigenvalue weighted by Crippen LogP contribution is -2.38. The number of aromatic amines is 1. The normalized spacial score (nSPS) is 23.2. The molecule has 3 atom stereocenters. The van der Waals surface area contributed by atoms with Crippen LogP contribution in [0.3, 0.4) is 0 Å². The van der Waals surface area contributed by atoms with Gasteiger partial charge in [-0.15, -0.1) is 0 Å². The van der Waals surface area contributed by atoms with Crippen LogP contribution >= 0.6 is 0 Å². The second-order valence-corrected chi connectivity index (χ2v) is 9.06. The highest BCUT2D eigenvalue weighted by molar-refractivity contribution is 5.86. The Labute approximate surface area is 190 Å². The van der Waals surface area contributed by atoms with Gasteiger partial charge in [0.2, 0.25) is 0 Å². The molecule has 1 aliphatic carbocycles. The lowest BCUT2D eigenvalue weighted by Gasteiger charge is -2.32. The molecule has 0 spiro atoms. The van der Waals surface area contributed by atoms with E-state index in [9.17, 15) is 9.59 Å². The fourth-order valence-electron chi connectivity index (χ4n) is 5.90. The van der Waals surface area contributed by atoms with Gasteiger partial charge < -0.3 is 24.5 Å². The van der Waals surface area contributed by atoms with E-state index in [1.165, 1.54) is 15.7 Å². The quantitative estimate of drug-likeness (QED) is 0.634. The highest BCUT2D eigenvalue weighted by Gasteiger charge is 2.40. The number of aromatic nitrogens is 2. The van der Waals surface area contributed by atoms with E-state index in [4.69, 9.17) is 14.2 Å². The van der Waals surface area contributed by atoms with E-state index >= 15 is 0 Å². The number of hydrogen-bond acceptors (Lipinski definition) is 6. The minimum atomic E-state index is -0.421. The van der Waals surface area contributed by atoms with Crippen molar-refractivity contribution in [2.75, 3.05) is 26.9 Å². The largest absolute Gasteiger partial charge is 0.496 e. The van der Waals surface area contributed by atoms with Crippen LogP contribution in [-0.2, 0) is 13.0 Å². The minimum Gasteiger partial charge on any atom is -0.496 e. The lowest BCUT2D eigenvalue weighted by atomic mass is 9.73. The van der Waals surface area contributed by atoms with Crippen molar-refractivity contribution in [3.63, 3.8) is 0 Å². The summed E-state index contributed by atoms with van der Waals surface area (Å²) in [4.78, 5) is 29.0. The zero-order valence-corrected chi connectivity index (χ0v) is 18.6. The molecule has 1 fully saturated rings. The zero-order valence-electron chi connectivity index (χ0n) is 18.6. The van der Waals surface area contributed by atoms with Crippen LogP contribution in [0.25, 0.3) is 10.9 Å². The van der Waals surface area contributed by atoms with Crippen molar-refractivity contribution in [2.45, 2.75) is 37.8 Å². The molecule has 8 nitrogen and oxygen atoms in total. The fraction of sp³-hybridized carbons (Fsp3) is 0.440. The molecule has 33 heavy (non-hydrogen) atoms. The molecule has 2 aliphatic heterocycles. The van der Waals surface area contributed by atoms with Gasteiger partial charge in [0.05, 0.1) is 12.5 Å². The number of nitrogens with zero attached hydrogens (tertiary/aromatic N) is 1. The van der Waals surface area contributed by atoms with E-state index in [1.54, 1.807) is 19.2 Å². The summed E-state index contributed by atoms with van der Waals surface area (Å²) in [5.74, 6) is 2.86. The Morgan fingerprint density at radius 1 is 1.15 bits per heavy atom. The van der Waals surface area contributed by atoms with Gasteiger partial charge in [-0.25, -0.2) is 4.79 Å². The fourth-order valence-corrected chi connectivity index (χ4v) is 5.90. The van der Waals surface area contributed by atoms with Gasteiger partial charge in [-0.3, -0.25) is 9.36 Å². The Morgan fingerprint density at radius 3 is 2.91 bits per heavy atom. The molecule has 2 N–H and O–H groups in total. The van der Waals surface area contributed by atoms with Gasteiger partial charge in [-0.05, 0) is 61.1 Å². The molecule has 3 aliphatic rings. The summed E-state index contributed by atoms with van der Waals surface area (Å²) in [6.45, 7) is 2.14. The Kier molecular flexibility index (Phi) is 4.90. The molecular formula is C25H27N3O5. The molecule has 172 valence electrons. The van der Waals surface area contributed by atoms with E-state index in [2.05, 4.69) is 22.4 Å². The third-order valence-electron chi connectivity index (χ3n) is 7.42. The van der Waals surface area contributed by atoms with E-state index in [-0.39, 0.29) is 11.6 Å². The molecule has 1 aromatic heterocycles. The van der Waals surface area contributed by atoms with E-state index < -0.39 is 5.69 Å². The maximum absolute atomic E-state index is 13.2. The Bertz CT molecular complexity index is 1340. The second kappa shape index (κ2) is 7.95. The molecule has 0 radical (unpaired) electrons. The van der Waals surface area contributed by atoms with Crippen LogP contribution in [0.2, 0.25) is 0 Å². The SMILES string of the molecule is COc1cccc2c1CC[C@H]1CNC(CCn3c(=O)[nH]c4c5c(ccc4c3=O)OCCO5)[C@@H]21. The van der Waals surface area contributed by atoms with Crippen LogP contribution in [-0.4, -0.2) is 42.5 Å². The molecule has 0 saturated carbocycles. The molecule has 1 unspecified atom stereocenters. The number of benzene rings is 2. The van der Waals surface area contributed by atoms with Gasteiger partial charge in [0.25, 0.3) is 5.56 Å². The van der Waals surface area contributed by atoms with Crippen molar-refractivity contribution in [1.82, 2.24) is 14.9 Å². The summed E-state index contributed by atoms with van der Waals surface area (Å²) in [5.41, 5.74) is 2.32. The third kappa shape index (κ3) is 3.23. The Morgan fingerprint density at radius 2 is 2.03 bits per heavy atom. The molecule has 2 aromatic carbocycles. The molecule has 0 bridgehead atoms. The average Bonchev–Trinajstić information content (AvgIpc) is 3.27. The van der Waals surface area contributed by atoms with Crippen LogP contribution in [0.1, 0.15) is 29.9 Å². The average molecular weight is 450 g/mol. The van der Waals surface area contributed by atoms with Crippen molar-refractivity contribution in [2.24, 2.45) is 5.92 Å². The van der Waals surface area contributed by atoms with Crippen molar-refractivity contribution in [1.29, 1.82) is 0 Å². The molecule has 3 heterocycles. The van der Waals surface area contributed by atoms with Gasteiger partial charge in [0, 0.05) is 18.5 Å². The summed E-state index contributed by atoms with van der Waals surface area (Å²) >= 11 is 0. The number of H-pyrrole nitrogens is 1. The molecule has 1 saturated heterocycles. The molecule has 8 heteroatoms. The minimum absolute atomic E-state index is 0.198. The van der Waals surface area contributed by atoms with Crippen LogP contribution in [0.4, 0.5) is 0 Å². The maximum Gasteiger partial charge on any atom is 0.328 e. The molecule has 3 aromatic rings. The topological polar surface area (TPSA) is 94.6 Å². The van der Waals surface area contributed by atoms with Gasteiger partial charge in [0.1, 0.15) is 24.5 Å². The van der Waals surface area contributed by atoms with Gasteiger partial charge in [-0.1, -0.05) is 12.1 Å². The number of nitrogens with one attached hydrogen (secondary N) is 2. The van der Waals surface area contributed by atoms with Crippen molar-refractivity contribution >= 4 is 10.9 Å². The number of ether oxygens (including phenoxy) is 3. The zero-order chi connectivity index (χ0) is 22.5. The first-order valence-electron chi connectivity index (χ1n) is 11.6. The van der Waals surface area contributed by atoms with Crippen molar-refractivity contribution in [3.05, 3.63) is 62.3 Å². The van der Waals surface area contributed by atoms with Crippen LogP contribution in [0.5, 0.6) is 17.2 Å². The predicted octanol–water partition coefficient (Wildman–Crippen LogP) is 2.18. The second-order valence-electron chi connectivity index (χ2n) is 9.06. The third-order valence-corrected chi connectivity index (χ3v) is 7.42. The lowest BCUT2D eigenvalue weighted by molar-refractivity contribution is 0.173. The monoisotopic (exact) mass is 449 g/mol.